The fourth-order valence-corrected chi connectivity index (χ4v) is 3.89. The SMILES string of the molecule is CCOC(=O)C1=C(COC(=O)C2CCCN(c3ncccc3C(F)(F)F)C2)NC(=O)NC1C. The van der Waals surface area contributed by atoms with Gasteiger partial charge in [-0.1, -0.05) is 0 Å². The number of nitrogens with one attached hydrogen (secondary N) is 2. The van der Waals surface area contributed by atoms with Gasteiger partial charge < -0.3 is 25.0 Å². The van der Waals surface area contributed by atoms with Gasteiger partial charge in [-0.25, -0.2) is 14.6 Å². The summed E-state index contributed by atoms with van der Waals surface area (Å²) in [7, 11) is 0. The predicted octanol–water partition coefficient (Wildman–Crippen LogP) is 2.38. The molecule has 0 aliphatic carbocycles. The lowest BCUT2D eigenvalue weighted by molar-refractivity contribution is -0.148. The van der Waals surface area contributed by atoms with E-state index in [0.717, 1.165) is 6.07 Å². The summed E-state index contributed by atoms with van der Waals surface area (Å²) in [5.41, 5.74) is -0.623. The fourth-order valence-electron chi connectivity index (χ4n) is 3.89. The first kappa shape index (κ1) is 24.3. The van der Waals surface area contributed by atoms with Gasteiger partial charge in [0.1, 0.15) is 12.4 Å². The van der Waals surface area contributed by atoms with Crippen molar-refractivity contribution in [2.45, 2.75) is 38.9 Å². The largest absolute Gasteiger partial charge is 0.463 e. The molecule has 2 atom stereocenters. The van der Waals surface area contributed by atoms with E-state index in [4.69, 9.17) is 9.47 Å². The summed E-state index contributed by atoms with van der Waals surface area (Å²) < 4.78 is 50.4. The lowest BCUT2D eigenvalue weighted by Gasteiger charge is -2.34. The van der Waals surface area contributed by atoms with Crippen molar-refractivity contribution < 1.29 is 37.0 Å². The molecule has 3 rings (SSSR count). The molecule has 3 heterocycles. The molecule has 180 valence electrons. The van der Waals surface area contributed by atoms with Crippen LogP contribution in [0.5, 0.6) is 0 Å². The molecule has 12 heteroatoms. The van der Waals surface area contributed by atoms with E-state index >= 15 is 0 Å². The Labute approximate surface area is 188 Å². The number of carbonyl (C=O) groups excluding carboxylic acids is 3. The summed E-state index contributed by atoms with van der Waals surface area (Å²) in [4.78, 5) is 42.1. The number of hydrogen-bond acceptors (Lipinski definition) is 7. The van der Waals surface area contributed by atoms with Crippen LogP contribution in [0, 0.1) is 5.92 Å². The summed E-state index contributed by atoms with van der Waals surface area (Å²) >= 11 is 0. The topological polar surface area (TPSA) is 110 Å². The zero-order valence-corrected chi connectivity index (χ0v) is 18.2. The Morgan fingerprint density at radius 2 is 2.06 bits per heavy atom. The number of esters is 2. The number of piperidine rings is 1. The van der Waals surface area contributed by atoms with Crippen LogP contribution in [-0.2, 0) is 25.2 Å². The summed E-state index contributed by atoms with van der Waals surface area (Å²) in [5.74, 6) is -2.21. The number of pyridine rings is 1. The van der Waals surface area contributed by atoms with Crippen LogP contribution in [0.15, 0.2) is 29.6 Å². The number of nitrogens with zero attached hydrogens (tertiary/aromatic N) is 2. The van der Waals surface area contributed by atoms with E-state index in [1.807, 2.05) is 0 Å². The number of rotatable bonds is 6. The smallest absolute Gasteiger partial charge is 0.419 e. The quantitative estimate of drug-likeness (QED) is 0.615. The highest BCUT2D eigenvalue weighted by atomic mass is 19.4. The second kappa shape index (κ2) is 10.1. The number of carbonyl (C=O) groups is 3. The van der Waals surface area contributed by atoms with Crippen molar-refractivity contribution in [1.82, 2.24) is 15.6 Å². The standard InChI is InChI=1S/C21H25F3N4O5/c1-3-32-19(30)16-12(2)26-20(31)27-15(16)11-33-18(29)13-6-5-9-28(10-13)17-14(21(22,23)24)7-4-8-25-17/h4,7-8,12-13H,3,5-6,9-11H2,1-2H3,(H2,26,27,31). The third-order valence-corrected chi connectivity index (χ3v) is 5.37. The minimum atomic E-state index is -4.57. The first-order chi connectivity index (χ1) is 15.6. The van der Waals surface area contributed by atoms with E-state index in [0.29, 0.717) is 19.4 Å². The third-order valence-electron chi connectivity index (χ3n) is 5.37. The minimum absolute atomic E-state index is 0.00697. The van der Waals surface area contributed by atoms with Gasteiger partial charge in [0.05, 0.1) is 35.4 Å². The highest BCUT2D eigenvalue weighted by Crippen LogP contribution is 2.36. The van der Waals surface area contributed by atoms with Gasteiger partial charge in [0.25, 0.3) is 0 Å². The molecule has 0 aromatic carbocycles. The maximum atomic E-state index is 13.4. The average Bonchev–Trinajstić information content (AvgIpc) is 2.76. The fraction of sp³-hybridized carbons (Fsp3) is 0.524. The Hall–Kier alpha value is -3.31. The zero-order valence-electron chi connectivity index (χ0n) is 18.2. The second-order valence-corrected chi connectivity index (χ2v) is 7.70. The molecule has 1 aromatic heterocycles. The van der Waals surface area contributed by atoms with Gasteiger partial charge in [0, 0.05) is 19.3 Å². The minimum Gasteiger partial charge on any atom is -0.463 e. The zero-order chi connectivity index (χ0) is 24.2. The van der Waals surface area contributed by atoms with Crippen molar-refractivity contribution in [2.24, 2.45) is 5.92 Å². The van der Waals surface area contributed by atoms with Crippen molar-refractivity contribution >= 4 is 23.8 Å². The van der Waals surface area contributed by atoms with Crippen LogP contribution in [0.2, 0.25) is 0 Å². The molecule has 33 heavy (non-hydrogen) atoms. The number of halogens is 3. The lowest BCUT2D eigenvalue weighted by Crippen LogP contribution is -2.50. The number of aromatic nitrogens is 1. The summed E-state index contributed by atoms with van der Waals surface area (Å²) in [6.45, 7) is 3.31. The van der Waals surface area contributed by atoms with Gasteiger partial charge >= 0.3 is 24.1 Å². The van der Waals surface area contributed by atoms with Gasteiger partial charge in [0.15, 0.2) is 0 Å². The maximum Gasteiger partial charge on any atom is 0.419 e. The molecule has 1 saturated heterocycles. The van der Waals surface area contributed by atoms with Gasteiger partial charge in [-0.2, -0.15) is 13.2 Å². The first-order valence-electron chi connectivity index (χ1n) is 10.5. The average molecular weight is 470 g/mol. The summed E-state index contributed by atoms with van der Waals surface area (Å²) in [6, 6.07) is 0.960. The number of ether oxygens (including phenoxy) is 2. The van der Waals surface area contributed by atoms with Gasteiger partial charge in [-0.15, -0.1) is 0 Å². The number of amides is 2. The molecule has 2 N–H and O–H groups in total. The monoisotopic (exact) mass is 470 g/mol. The maximum absolute atomic E-state index is 13.4. The van der Waals surface area contributed by atoms with Crippen molar-refractivity contribution in [3.63, 3.8) is 0 Å². The number of alkyl halides is 3. The molecule has 0 saturated carbocycles. The molecule has 0 radical (unpaired) electrons. The summed E-state index contributed by atoms with van der Waals surface area (Å²) in [6.07, 6.45) is -2.40. The van der Waals surface area contributed by atoms with Crippen LogP contribution >= 0.6 is 0 Å². The van der Waals surface area contributed by atoms with E-state index in [2.05, 4.69) is 15.6 Å². The van der Waals surface area contributed by atoms with Gasteiger partial charge in [-0.05, 0) is 38.8 Å². The Kier molecular flexibility index (Phi) is 7.44. The van der Waals surface area contributed by atoms with E-state index in [1.54, 1.807) is 13.8 Å². The van der Waals surface area contributed by atoms with Crippen molar-refractivity contribution in [3.05, 3.63) is 35.2 Å². The first-order valence-corrected chi connectivity index (χ1v) is 10.5. The van der Waals surface area contributed by atoms with Crippen molar-refractivity contribution in [3.8, 4) is 0 Å². The molecule has 2 unspecified atom stereocenters. The number of anilines is 1. The third kappa shape index (κ3) is 5.74. The van der Waals surface area contributed by atoms with E-state index < -0.39 is 41.7 Å². The lowest BCUT2D eigenvalue weighted by atomic mass is 9.97. The number of urea groups is 1. The Balaban J connectivity index is 1.71. The van der Waals surface area contributed by atoms with Gasteiger partial charge in [0.2, 0.25) is 0 Å². The molecule has 0 bridgehead atoms. The molecule has 0 spiro atoms. The van der Waals surface area contributed by atoms with E-state index in [9.17, 15) is 27.6 Å². The van der Waals surface area contributed by atoms with E-state index in [1.165, 1.54) is 17.2 Å². The normalized spacial score (nSPS) is 21.2. The van der Waals surface area contributed by atoms with Crippen LogP contribution in [0.25, 0.3) is 0 Å². The molecule has 9 nitrogen and oxygen atoms in total. The molecule has 1 aromatic rings. The highest BCUT2D eigenvalue weighted by Gasteiger charge is 2.38. The molecule has 2 amide bonds. The van der Waals surface area contributed by atoms with Crippen LogP contribution in [-0.4, -0.2) is 55.3 Å². The van der Waals surface area contributed by atoms with Crippen molar-refractivity contribution in [1.29, 1.82) is 0 Å². The molecular weight excluding hydrogens is 445 g/mol. The highest BCUT2D eigenvalue weighted by molar-refractivity contribution is 5.94. The van der Waals surface area contributed by atoms with Crippen molar-refractivity contribution in [2.75, 3.05) is 31.2 Å². The Morgan fingerprint density at radius 3 is 2.76 bits per heavy atom. The molecule has 2 aliphatic heterocycles. The second-order valence-electron chi connectivity index (χ2n) is 7.70. The van der Waals surface area contributed by atoms with Crippen LogP contribution in [0.1, 0.15) is 32.3 Å². The Morgan fingerprint density at radius 1 is 1.30 bits per heavy atom. The Bertz CT molecular complexity index is 950. The molecule has 2 aliphatic rings. The molecular formula is C21H25F3N4O5. The van der Waals surface area contributed by atoms with Crippen LogP contribution < -0.4 is 15.5 Å². The number of hydrogen-bond donors (Lipinski definition) is 2. The summed E-state index contributed by atoms with van der Waals surface area (Å²) in [5, 5.41) is 5.00. The van der Waals surface area contributed by atoms with Gasteiger partial charge in [-0.3, -0.25) is 4.79 Å². The van der Waals surface area contributed by atoms with Crippen LogP contribution in [0.3, 0.4) is 0 Å². The van der Waals surface area contributed by atoms with E-state index in [-0.39, 0.29) is 36.8 Å². The van der Waals surface area contributed by atoms with Crippen LogP contribution in [0.4, 0.5) is 23.8 Å². The molecule has 1 fully saturated rings. The predicted molar refractivity (Wildman–Crippen MR) is 110 cm³/mol.